The smallest absolute Gasteiger partial charge is 0.242 e. The highest BCUT2D eigenvalue weighted by atomic mass is 79.9. The summed E-state index contributed by atoms with van der Waals surface area (Å²) in [4.78, 5) is -0.432. The predicted molar refractivity (Wildman–Crippen MR) is 108 cm³/mol. The van der Waals surface area contributed by atoms with Crippen molar-refractivity contribution in [1.82, 2.24) is 4.72 Å². The van der Waals surface area contributed by atoms with Gasteiger partial charge in [0.1, 0.15) is 5.82 Å². The second kappa shape index (κ2) is 9.06. The summed E-state index contributed by atoms with van der Waals surface area (Å²) in [7, 11) is -2.11. The zero-order chi connectivity index (χ0) is 20.4. The maximum Gasteiger partial charge on any atom is 0.242 e. The summed E-state index contributed by atoms with van der Waals surface area (Å²) in [5, 5.41) is 10.8. The van der Waals surface area contributed by atoms with Gasteiger partial charge in [-0.15, -0.1) is 0 Å². The van der Waals surface area contributed by atoms with Gasteiger partial charge in [0.25, 0.3) is 0 Å². The molecule has 0 aliphatic heterocycles. The molecule has 2 N–H and O–H groups in total. The molecule has 0 aliphatic carbocycles. The lowest BCUT2D eigenvalue weighted by Crippen LogP contribution is -2.29. The molecule has 150 valence electrons. The molecule has 0 spiro atoms. The normalized spacial score (nSPS) is 14.2. The zero-order valence-electron chi connectivity index (χ0n) is 14.8. The van der Waals surface area contributed by atoms with Crippen molar-refractivity contribution in [3.63, 3.8) is 0 Å². The Morgan fingerprint density at radius 1 is 1.48 bits per heavy atom. The number of halogens is 3. The van der Waals surface area contributed by atoms with Crippen LogP contribution in [0.2, 0.25) is 24.7 Å². The number of benzene rings is 1. The van der Waals surface area contributed by atoms with Crippen LogP contribution in [0.4, 0.5) is 4.39 Å². The van der Waals surface area contributed by atoms with Crippen molar-refractivity contribution < 1.29 is 27.1 Å². The molecule has 0 bridgehead atoms. The van der Waals surface area contributed by atoms with Gasteiger partial charge in [0.05, 0.1) is 9.85 Å². The van der Waals surface area contributed by atoms with E-state index in [1.54, 1.807) is 0 Å². The molecule has 0 radical (unpaired) electrons. The summed E-state index contributed by atoms with van der Waals surface area (Å²) in [6.07, 6.45) is 0.347. The second-order valence-electron chi connectivity index (χ2n) is 6.70. The minimum atomic E-state index is -2.37. The third kappa shape index (κ3) is 6.03. The molecule has 11 heteroatoms. The monoisotopic (exact) mass is 498 g/mol. The van der Waals surface area contributed by atoms with Gasteiger partial charge < -0.3 is 18.5 Å². The third-order valence-electron chi connectivity index (χ3n) is 3.35. The van der Waals surface area contributed by atoms with Gasteiger partial charge in [-0.25, -0.2) is 9.11 Å². The molecule has 2 aromatic rings. The van der Waals surface area contributed by atoms with E-state index in [2.05, 4.69) is 20.7 Å². The number of furan rings is 1. The van der Waals surface area contributed by atoms with Crippen LogP contribution in [0, 0.1) is 5.82 Å². The molecule has 27 heavy (non-hydrogen) atoms. The van der Waals surface area contributed by atoms with Gasteiger partial charge >= 0.3 is 0 Å². The average Bonchev–Trinajstić information content (AvgIpc) is 2.82. The van der Waals surface area contributed by atoms with Crippen LogP contribution in [0.1, 0.15) is 17.0 Å². The predicted octanol–water partition coefficient (Wildman–Crippen LogP) is 4.87. The topological polar surface area (TPSA) is 94.8 Å². The van der Waals surface area contributed by atoms with Crippen molar-refractivity contribution >= 4 is 47.1 Å². The Kier molecular flexibility index (Phi) is 7.51. The number of nitrogens with one attached hydrogen (secondary N) is 1. The van der Waals surface area contributed by atoms with Crippen LogP contribution in [0.5, 0.6) is 11.5 Å². The van der Waals surface area contributed by atoms with Crippen LogP contribution in [-0.4, -0.2) is 28.7 Å². The molecule has 1 aromatic carbocycles. The van der Waals surface area contributed by atoms with Crippen molar-refractivity contribution in [1.29, 1.82) is 0 Å². The Labute approximate surface area is 173 Å². The lowest BCUT2D eigenvalue weighted by atomic mass is 10.1. The van der Waals surface area contributed by atoms with Crippen LogP contribution >= 0.6 is 27.5 Å². The maximum atomic E-state index is 13.3. The highest BCUT2D eigenvalue weighted by molar-refractivity contribution is 9.09. The van der Waals surface area contributed by atoms with E-state index in [1.165, 1.54) is 12.1 Å². The summed E-state index contributed by atoms with van der Waals surface area (Å²) in [5.41, 5.74) is 0.320. The fourth-order valence-electron chi connectivity index (χ4n) is 2.29. The SMILES string of the molecule is C[Si](C)(C)Oc1c(C(Br)CCNS(=O)[O-])oc(-c2ccc(F)cc2Cl)c1O. The molecule has 1 aromatic heterocycles. The van der Waals surface area contributed by atoms with Crippen molar-refractivity contribution in [2.24, 2.45) is 0 Å². The molecule has 2 atom stereocenters. The first-order valence-electron chi connectivity index (χ1n) is 7.96. The molecule has 0 fully saturated rings. The van der Waals surface area contributed by atoms with E-state index in [0.717, 1.165) is 6.07 Å². The minimum absolute atomic E-state index is 0.0630. The first kappa shape index (κ1) is 22.4. The molecule has 0 aliphatic rings. The molecule has 2 rings (SSSR count). The van der Waals surface area contributed by atoms with E-state index in [9.17, 15) is 18.3 Å². The number of hydrogen-bond acceptors (Lipinski definition) is 5. The van der Waals surface area contributed by atoms with Crippen molar-refractivity contribution in [2.75, 3.05) is 6.54 Å². The molecule has 2 unspecified atom stereocenters. The van der Waals surface area contributed by atoms with Crippen LogP contribution < -0.4 is 9.15 Å². The lowest BCUT2D eigenvalue weighted by Gasteiger charge is -2.20. The standard InChI is InChI=1S/C16H20BrClFNO5SSi/c1-27(2,3)25-16-13(21)14(10-5-4-9(19)8-12(10)18)24-15(16)11(17)6-7-20-26(22)23/h4-5,8,11,20-21H,6-7H2,1-3H3,(H,22,23)/p-1. The average molecular weight is 500 g/mol. The summed E-state index contributed by atoms with van der Waals surface area (Å²) in [6, 6.07) is 3.74. The van der Waals surface area contributed by atoms with E-state index in [1.807, 2.05) is 19.6 Å². The fourth-order valence-corrected chi connectivity index (χ4v) is 4.17. The van der Waals surface area contributed by atoms with E-state index >= 15 is 0 Å². The zero-order valence-corrected chi connectivity index (χ0v) is 19.0. The minimum Gasteiger partial charge on any atom is -0.760 e. The lowest BCUT2D eigenvalue weighted by molar-refractivity contribution is 0.438. The molecule has 0 saturated carbocycles. The molecule has 0 saturated heterocycles. The summed E-state index contributed by atoms with van der Waals surface area (Å²) >= 11 is 7.16. The molecular weight excluding hydrogens is 481 g/mol. The van der Waals surface area contributed by atoms with E-state index in [0.29, 0.717) is 17.7 Å². The number of rotatable bonds is 8. The summed E-state index contributed by atoms with van der Waals surface area (Å²) < 4.78 is 48.7. The van der Waals surface area contributed by atoms with Crippen LogP contribution in [0.3, 0.4) is 0 Å². The second-order valence-corrected chi connectivity index (χ2v) is 13.4. The highest BCUT2D eigenvalue weighted by Crippen LogP contribution is 2.50. The van der Waals surface area contributed by atoms with Crippen molar-refractivity contribution in [2.45, 2.75) is 30.9 Å². The first-order chi connectivity index (χ1) is 12.5. The Bertz CT molecular complexity index is 845. The molecular formula is C16H19BrClFNO5SSi-. The van der Waals surface area contributed by atoms with Crippen molar-refractivity contribution in [3.8, 4) is 22.8 Å². The van der Waals surface area contributed by atoms with Gasteiger partial charge in [-0.2, -0.15) is 0 Å². The summed E-state index contributed by atoms with van der Waals surface area (Å²) in [6.45, 7) is 5.99. The summed E-state index contributed by atoms with van der Waals surface area (Å²) in [5.74, 6) is -0.194. The third-order valence-corrected chi connectivity index (χ3v) is 5.79. The Morgan fingerprint density at radius 3 is 2.70 bits per heavy atom. The van der Waals surface area contributed by atoms with Crippen LogP contribution in [0.15, 0.2) is 22.6 Å². The quantitative estimate of drug-likeness (QED) is 0.307. The molecule has 1 heterocycles. The first-order valence-corrected chi connectivity index (χ1v) is 13.7. The molecule has 0 amide bonds. The van der Waals surface area contributed by atoms with Crippen molar-refractivity contribution in [3.05, 3.63) is 34.8 Å². The van der Waals surface area contributed by atoms with Gasteiger partial charge in [0, 0.05) is 23.4 Å². The van der Waals surface area contributed by atoms with Gasteiger partial charge in [-0.05, 0) is 44.3 Å². The maximum absolute atomic E-state index is 13.3. The van der Waals surface area contributed by atoms with Crippen LogP contribution in [-0.2, 0) is 11.3 Å². The van der Waals surface area contributed by atoms with Gasteiger partial charge in [-0.1, -0.05) is 27.5 Å². The Morgan fingerprint density at radius 2 is 2.15 bits per heavy atom. The van der Waals surface area contributed by atoms with Gasteiger partial charge in [-0.3, -0.25) is 4.21 Å². The number of hydrogen-bond donors (Lipinski definition) is 2. The fraction of sp³-hybridized carbons (Fsp3) is 0.375. The Hall–Kier alpha value is -0.913. The Balaban J connectivity index is 2.46. The number of aromatic hydroxyl groups is 1. The van der Waals surface area contributed by atoms with Gasteiger partial charge in [0.15, 0.2) is 17.3 Å². The van der Waals surface area contributed by atoms with E-state index < -0.39 is 30.2 Å². The largest absolute Gasteiger partial charge is 0.760 e. The van der Waals surface area contributed by atoms with E-state index in [-0.39, 0.29) is 28.8 Å². The molecule has 6 nitrogen and oxygen atoms in total. The van der Waals surface area contributed by atoms with E-state index in [4.69, 9.17) is 20.4 Å². The number of alkyl halides is 1. The highest BCUT2D eigenvalue weighted by Gasteiger charge is 2.31. The van der Waals surface area contributed by atoms with Crippen LogP contribution in [0.25, 0.3) is 11.3 Å². The van der Waals surface area contributed by atoms with Gasteiger partial charge in [0.2, 0.25) is 14.1 Å².